The van der Waals surface area contributed by atoms with Gasteiger partial charge in [-0.15, -0.1) is 0 Å². The smallest absolute Gasteiger partial charge is 0.366 e. The van der Waals surface area contributed by atoms with Gasteiger partial charge >= 0.3 is 5.76 Å². The largest absolute Gasteiger partial charge is 0.439 e. The molecule has 0 bridgehead atoms. The van der Waals surface area contributed by atoms with Crippen LogP contribution in [0.2, 0.25) is 5.02 Å². The van der Waals surface area contributed by atoms with Crippen molar-refractivity contribution in [3.05, 3.63) is 75.3 Å². The number of pyridine rings is 1. The van der Waals surface area contributed by atoms with E-state index < -0.39 is 11.4 Å². The Bertz CT molecular complexity index is 1680. The Balaban J connectivity index is 1.84. The third-order valence-corrected chi connectivity index (χ3v) is 5.96. The molecule has 1 aromatic carbocycles. The van der Waals surface area contributed by atoms with E-state index in [0.717, 1.165) is 0 Å². The Labute approximate surface area is 203 Å². The fraction of sp³-hybridized carbons (Fsp3) is 0.174. The van der Waals surface area contributed by atoms with Crippen LogP contribution in [-0.4, -0.2) is 41.8 Å². The van der Waals surface area contributed by atoms with Crippen molar-refractivity contribution in [3.63, 3.8) is 0 Å². The molecule has 5 rings (SSSR count). The molecule has 35 heavy (non-hydrogen) atoms. The second kappa shape index (κ2) is 8.43. The number of nitrogens with one attached hydrogen (secondary N) is 1. The lowest BCUT2D eigenvalue weighted by Gasteiger charge is -2.29. The maximum absolute atomic E-state index is 11.5. The molecule has 5 aromatic rings. The zero-order valence-corrected chi connectivity index (χ0v) is 19.5. The van der Waals surface area contributed by atoms with E-state index >= 15 is 0 Å². The predicted molar refractivity (Wildman–Crippen MR) is 125 cm³/mol. The third kappa shape index (κ3) is 3.65. The number of hydrogen-bond acceptors (Lipinski definition) is 9. The Kier molecular flexibility index (Phi) is 5.39. The summed E-state index contributed by atoms with van der Waals surface area (Å²) in [6.45, 7) is 1.83. The highest BCUT2D eigenvalue weighted by molar-refractivity contribution is 6.30. The molecular weight excluding hydrogens is 472 g/mol. The summed E-state index contributed by atoms with van der Waals surface area (Å²) in [7, 11) is 3.35. The van der Waals surface area contributed by atoms with Crippen LogP contribution in [0.5, 0.6) is 0 Å². The van der Waals surface area contributed by atoms with Gasteiger partial charge in [0.15, 0.2) is 5.65 Å². The molecule has 4 heterocycles. The number of benzene rings is 1. The van der Waals surface area contributed by atoms with Gasteiger partial charge in [0.1, 0.15) is 22.6 Å². The Morgan fingerprint density at radius 3 is 2.71 bits per heavy atom. The fourth-order valence-electron chi connectivity index (χ4n) is 4.03. The lowest BCUT2D eigenvalue weighted by atomic mass is 9.90. The molecule has 4 aromatic heterocycles. The minimum absolute atomic E-state index is 0.0460. The van der Waals surface area contributed by atoms with Crippen LogP contribution in [0.4, 0.5) is 0 Å². The highest BCUT2D eigenvalue weighted by Gasteiger charge is 2.37. The number of nitrogens with zero attached hydrogens (tertiary/aromatic N) is 7. The third-order valence-electron chi connectivity index (χ3n) is 5.76. The summed E-state index contributed by atoms with van der Waals surface area (Å²) >= 11 is 6.21. The van der Waals surface area contributed by atoms with Gasteiger partial charge in [-0.25, -0.2) is 19.7 Å². The molecule has 1 N–H and O–H groups in total. The second-order valence-corrected chi connectivity index (χ2v) is 8.23. The van der Waals surface area contributed by atoms with Gasteiger partial charge in [0.25, 0.3) is 0 Å². The van der Waals surface area contributed by atoms with Crippen LogP contribution in [0.1, 0.15) is 23.9 Å². The van der Waals surface area contributed by atoms with Crippen LogP contribution in [0.3, 0.4) is 0 Å². The summed E-state index contributed by atoms with van der Waals surface area (Å²) in [6, 6.07) is 11.1. The van der Waals surface area contributed by atoms with Gasteiger partial charge in [-0.1, -0.05) is 35.0 Å². The fourth-order valence-corrected chi connectivity index (χ4v) is 4.20. The van der Waals surface area contributed by atoms with Gasteiger partial charge in [0, 0.05) is 37.7 Å². The van der Waals surface area contributed by atoms with E-state index in [-0.39, 0.29) is 11.6 Å². The number of imidazole rings is 1. The number of rotatable bonds is 5. The summed E-state index contributed by atoms with van der Waals surface area (Å²) in [4.78, 5) is 32.1. The predicted octanol–water partition coefficient (Wildman–Crippen LogP) is 3.20. The number of nitriles is 1. The molecule has 0 radical (unpaired) electrons. The standard InChI is InChI=1S/C23H17ClN8O3/c1-23(34-3,15-7-5-4-6-12(15)9-25)21-29-18-17(32(21)2)16(13-8-14(24)11-26-10-13)27-19(28-18)20-30-22(33)35-31-20/h4-8,10-11H,1-3H3,(H,30,31,33). The number of ether oxygens (including phenoxy) is 1. The Morgan fingerprint density at radius 1 is 1.23 bits per heavy atom. The number of aromatic nitrogens is 7. The van der Waals surface area contributed by atoms with Crippen LogP contribution < -0.4 is 5.76 Å². The van der Waals surface area contributed by atoms with Crippen molar-refractivity contribution in [1.82, 2.24) is 34.6 Å². The van der Waals surface area contributed by atoms with E-state index in [4.69, 9.17) is 21.3 Å². The molecule has 1 atom stereocenters. The maximum Gasteiger partial charge on any atom is 0.439 e. The number of halogens is 1. The zero-order chi connectivity index (χ0) is 24.7. The van der Waals surface area contributed by atoms with E-state index in [0.29, 0.717) is 44.4 Å². The van der Waals surface area contributed by atoms with Crippen molar-refractivity contribution in [2.24, 2.45) is 7.05 Å². The van der Waals surface area contributed by atoms with Crippen LogP contribution in [0.15, 0.2) is 52.0 Å². The number of aryl methyl sites for hydroxylation is 1. The number of methoxy groups -OCH3 is 1. The molecule has 11 nitrogen and oxygen atoms in total. The van der Waals surface area contributed by atoms with E-state index in [2.05, 4.69) is 35.7 Å². The SMILES string of the molecule is COC(C)(c1ccccc1C#N)c1nc2nc(-c3noc(=O)[nH]3)nc(-c3cncc(Cl)c3)c2n1C. The molecule has 0 spiro atoms. The minimum Gasteiger partial charge on any atom is -0.366 e. The molecular formula is C23H17ClN8O3. The molecule has 174 valence electrons. The minimum atomic E-state index is -1.10. The van der Waals surface area contributed by atoms with Crippen LogP contribution in [0, 0.1) is 11.3 Å². The van der Waals surface area contributed by atoms with Crippen molar-refractivity contribution in [3.8, 4) is 29.0 Å². The van der Waals surface area contributed by atoms with E-state index in [1.54, 1.807) is 43.1 Å². The summed E-state index contributed by atoms with van der Waals surface area (Å²) in [5.41, 5.74) is 1.92. The average molecular weight is 489 g/mol. The van der Waals surface area contributed by atoms with E-state index in [1.165, 1.54) is 6.20 Å². The molecule has 0 amide bonds. The molecule has 12 heteroatoms. The molecule has 0 fully saturated rings. The average Bonchev–Trinajstić information content (AvgIpc) is 3.46. The summed E-state index contributed by atoms with van der Waals surface area (Å²) in [5, 5.41) is 13.8. The zero-order valence-electron chi connectivity index (χ0n) is 18.8. The van der Waals surface area contributed by atoms with Gasteiger partial charge in [0.05, 0.1) is 16.7 Å². The van der Waals surface area contributed by atoms with Gasteiger partial charge in [-0.2, -0.15) is 5.26 Å². The van der Waals surface area contributed by atoms with Crippen LogP contribution in [0.25, 0.3) is 34.1 Å². The van der Waals surface area contributed by atoms with Crippen LogP contribution in [-0.2, 0) is 17.4 Å². The quantitative estimate of drug-likeness (QED) is 0.393. The molecule has 0 aliphatic heterocycles. The van der Waals surface area contributed by atoms with Crippen LogP contribution >= 0.6 is 11.6 Å². The van der Waals surface area contributed by atoms with Crippen molar-refractivity contribution >= 4 is 22.8 Å². The molecule has 0 aliphatic rings. The van der Waals surface area contributed by atoms with Crippen molar-refractivity contribution < 1.29 is 9.26 Å². The number of H-pyrrole nitrogens is 1. The lowest BCUT2D eigenvalue weighted by Crippen LogP contribution is -2.30. The van der Waals surface area contributed by atoms with Crippen molar-refractivity contribution in [1.29, 1.82) is 5.26 Å². The molecule has 0 aliphatic carbocycles. The normalized spacial score (nSPS) is 13.0. The lowest BCUT2D eigenvalue weighted by molar-refractivity contribution is 0.0293. The second-order valence-electron chi connectivity index (χ2n) is 7.79. The van der Waals surface area contributed by atoms with Gasteiger partial charge in [-0.3, -0.25) is 14.5 Å². The van der Waals surface area contributed by atoms with Gasteiger partial charge in [-0.05, 0) is 19.1 Å². The first-order chi connectivity index (χ1) is 16.9. The van der Waals surface area contributed by atoms with Gasteiger partial charge < -0.3 is 9.30 Å². The summed E-state index contributed by atoms with van der Waals surface area (Å²) in [6.07, 6.45) is 3.12. The highest BCUT2D eigenvalue weighted by Crippen LogP contribution is 2.37. The first-order valence-electron chi connectivity index (χ1n) is 10.3. The van der Waals surface area contributed by atoms with Crippen molar-refractivity contribution in [2.45, 2.75) is 12.5 Å². The van der Waals surface area contributed by atoms with Crippen molar-refractivity contribution in [2.75, 3.05) is 7.11 Å². The molecule has 0 saturated carbocycles. The number of hydrogen-bond donors (Lipinski definition) is 1. The van der Waals surface area contributed by atoms with E-state index in [9.17, 15) is 10.1 Å². The number of aromatic amines is 1. The van der Waals surface area contributed by atoms with Gasteiger partial charge in [0.2, 0.25) is 11.6 Å². The summed E-state index contributed by atoms with van der Waals surface area (Å²) in [5.74, 6) is -0.116. The first kappa shape index (κ1) is 22.4. The molecule has 1 unspecified atom stereocenters. The highest BCUT2D eigenvalue weighted by atomic mass is 35.5. The monoisotopic (exact) mass is 488 g/mol. The Hall–Kier alpha value is -4.40. The first-order valence-corrected chi connectivity index (χ1v) is 10.7. The summed E-state index contributed by atoms with van der Waals surface area (Å²) < 4.78 is 12.4. The Morgan fingerprint density at radius 2 is 2.03 bits per heavy atom. The number of fused-ring (bicyclic) bond motifs is 1. The maximum atomic E-state index is 11.5. The topological polar surface area (TPSA) is 148 Å². The molecule has 0 saturated heterocycles. The van der Waals surface area contributed by atoms with E-state index in [1.807, 2.05) is 19.1 Å².